The third-order valence-electron chi connectivity index (χ3n) is 2.81. The first-order valence-electron chi connectivity index (χ1n) is 6.00. The fraction of sp³-hybridized carbons (Fsp3) is 1.00. The van der Waals surface area contributed by atoms with E-state index in [0.29, 0.717) is 0 Å². The highest BCUT2D eigenvalue weighted by Crippen LogP contribution is 2.30. The smallest absolute Gasteiger partial charge is 0.321 e. The molecule has 0 unspecified atom stereocenters. The lowest BCUT2D eigenvalue weighted by atomic mass is 10.3. The van der Waals surface area contributed by atoms with Gasteiger partial charge in [-0.1, -0.05) is 26.9 Å². The summed E-state index contributed by atoms with van der Waals surface area (Å²) in [5.74, 6) is -9.59. The third kappa shape index (κ3) is 4.56. The highest BCUT2D eigenvalue weighted by molar-refractivity contribution is 4.61. The first kappa shape index (κ1) is 24.8. The minimum Gasteiger partial charge on any atom is -0.321 e. The van der Waals surface area contributed by atoms with Crippen LogP contribution in [-0.2, 0) is 4.74 Å². The van der Waals surface area contributed by atoms with Crippen LogP contribution < -0.4 is 0 Å². The van der Waals surface area contributed by atoms with Crippen molar-refractivity contribution in [3.8, 4) is 0 Å². The van der Waals surface area contributed by atoms with Crippen molar-refractivity contribution in [3.63, 3.8) is 0 Å². The van der Waals surface area contributed by atoms with Gasteiger partial charge in [0.05, 0.1) is 22.6 Å². The molecule has 28 heavy (non-hydrogen) atoms. The predicted octanol–water partition coefficient (Wildman–Crippen LogP) is -0.195. The Bertz CT molecular complexity index is 564. The molecule has 0 amide bonds. The van der Waals surface area contributed by atoms with Crippen LogP contribution in [0.15, 0.2) is 0 Å². The Morgan fingerprint density at radius 3 is 1.36 bits per heavy atom. The van der Waals surface area contributed by atoms with Gasteiger partial charge in [-0.05, 0) is 0 Å². The largest absolute Gasteiger partial charge is 0.723 e. The third-order valence-corrected chi connectivity index (χ3v) is 2.81. The maximum atomic E-state index is 12.4. The van der Waals surface area contributed by atoms with Crippen molar-refractivity contribution in [3.05, 3.63) is 40.5 Å². The average Bonchev–Trinajstić information content (AvgIpc) is 2.51. The molecule has 0 radical (unpaired) electrons. The molecule has 0 aliphatic rings. The highest BCUT2D eigenvalue weighted by atomic mass is 19.4. The van der Waals surface area contributed by atoms with Crippen LogP contribution in [0.25, 0.3) is 0 Å². The molecule has 162 valence electrons. The van der Waals surface area contributed by atoms with Crippen LogP contribution in [0, 0.1) is 40.5 Å². The van der Waals surface area contributed by atoms with E-state index in [1.807, 2.05) is 0 Å². The van der Waals surface area contributed by atoms with Crippen LogP contribution in [0.3, 0.4) is 0 Å². The zero-order valence-electron chi connectivity index (χ0n) is 12.6. The second kappa shape index (κ2) is 9.15. The average molecular weight is 436 g/mol. The molecule has 0 aliphatic carbocycles. The van der Waals surface area contributed by atoms with E-state index in [2.05, 4.69) is 4.74 Å². The number of hydrogen-bond acceptors (Lipinski definition) is 12. The van der Waals surface area contributed by atoms with E-state index in [9.17, 15) is 67.3 Å². The predicted molar refractivity (Wildman–Crippen MR) is 63.1 cm³/mol. The summed E-state index contributed by atoms with van der Waals surface area (Å²) in [4.78, 5) is 36.4. The lowest BCUT2D eigenvalue weighted by molar-refractivity contribution is -0.973. The summed E-state index contributed by atoms with van der Waals surface area (Å²) < 4.78 is 77.7. The molecule has 0 heterocycles. The number of hydrogen-bond donors (Lipinski definition) is 0. The van der Waals surface area contributed by atoms with E-state index in [4.69, 9.17) is 0 Å². The molecule has 0 rings (SSSR count). The Balaban J connectivity index is 5.61. The van der Waals surface area contributed by atoms with Gasteiger partial charge in [-0.3, -0.25) is 30.3 Å². The van der Waals surface area contributed by atoms with Crippen molar-refractivity contribution in [2.24, 2.45) is 0 Å². The van der Waals surface area contributed by atoms with Crippen LogP contribution in [-0.4, -0.2) is 72.3 Å². The SMILES string of the molecule is O=[N+]([O-])N(CCOC(N(F)F)(N(F)F)N(F)F)CC([N+](=O)[O-])([N+](=O)[O-])[N+](=O)[O-]. The molecular formula is C5H6F6N8O9. The van der Waals surface area contributed by atoms with E-state index >= 15 is 0 Å². The quantitative estimate of drug-likeness (QED) is 0.121. The minimum absolute atomic E-state index is 0.721. The number of rotatable bonds is 13. The Morgan fingerprint density at radius 2 is 1.11 bits per heavy atom. The van der Waals surface area contributed by atoms with Crippen LogP contribution in [0.5, 0.6) is 0 Å². The van der Waals surface area contributed by atoms with Crippen LogP contribution in [0.2, 0.25) is 0 Å². The Morgan fingerprint density at radius 1 is 0.750 bits per heavy atom. The van der Waals surface area contributed by atoms with Gasteiger partial charge in [-0.15, -0.1) is 5.01 Å². The summed E-state index contributed by atoms with van der Waals surface area (Å²) in [5, 5.41) is 31.7. The monoisotopic (exact) mass is 436 g/mol. The maximum Gasteiger partial charge on any atom is 0.723 e. The molecule has 0 aromatic carbocycles. The molecule has 0 saturated carbocycles. The second-order valence-electron chi connectivity index (χ2n) is 4.29. The molecule has 0 spiro atoms. The topological polar surface area (TPSA) is 195 Å². The number of ether oxygens (including phenoxy) is 1. The molecule has 23 heteroatoms. The van der Waals surface area contributed by atoms with Gasteiger partial charge >= 0.3 is 11.8 Å². The minimum atomic E-state index is -5.17. The van der Waals surface area contributed by atoms with Gasteiger partial charge in [0.15, 0.2) is 19.8 Å². The number of halogens is 6. The molecule has 0 atom stereocenters. The molecule has 0 aromatic rings. The van der Waals surface area contributed by atoms with Crippen LogP contribution in [0.1, 0.15) is 0 Å². The first-order chi connectivity index (χ1) is 12.7. The molecule has 0 aliphatic heterocycles. The second-order valence-corrected chi connectivity index (χ2v) is 4.29. The van der Waals surface area contributed by atoms with Gasteiger partial charge in [0.25, 0.3) is 6.54 Å². The molecule has 0 N–H and O–H groups in total. The highest BCUT2D eigenvalue weighted by Gasteiger charge is 2.73. The summed E-state index contributed by atoms with van der Waals surface area (Å²) >= 11 is 0. The van der Waals surface area contributed by atoms with Crippen molar-refractivity contribution in [1.29, 1.82) is 0 Å². The zero-order valence-corrected chi connectivity index (χ0v) is 12.6. The molecular weight excluding hydrogens is 430 g/mol. The van der Waals surface area contributed by atoms with Gasteiger partial charge in [-0.2, -0.15) is 0 Å². The van der Waals surface area contributed by atoms with Crippen LogP contribution >= 0.6 is 0 Å². The van der Waals surface area contributed by atoms with Gasteiger partial charge in [0, 0.05) is 0 Å². The summed E-state index contributed by atoms with van der Waals surface area (Å²) in [6, 6.07) is 0. The summed E-state index contributed by atoms with van der Waals surface area (Å²) in [7, 11) is 0. The summed E-state index contributed by atoms with van der Waals surface area (Å²) in [6.45, 7) is -5.78. The fourth-order valence-electron chi connectivity index (χ4n) is 1.44. The first-order valence-corrected chi connectivity index (χ1v) is 6.00. The van der Waals surface area contributed by atoms with E-state index in [1.165, 1.54) is 0 Å². The van der Waals surface area contributed by atoms with E-state index in [-0.39, 0.29) is 0 Å². The number of nitro groups is 4. The Labute approximate surface area is 146 Å². The number of hydrazine groups is 1. The van der Waals surface area contributed by atoms with Crippen LogP contribution in [0.4, 0.5) is 26.9 Å². The lowest BCUT2D eigenvalue weighted by Crippen LogP contribution is -2.62. The van der Waals surface area contributed by atoms with Gasteiger partial charge in [0.1, 0.15) is 6.54 Å². The van der Waals surface area contributed by atoms with Gasteiger partial charge in [0.2, 0.25) is 0 Å². The van der Waals surface area contributed by atoms with Gasteiger partial charge < -0.3 is 4.74 Å². The zero-order chi connectivity index (χ0) is 22.4. The van der Waals surface area contributed by atoms with E-state index in [0.717, 1.165) is 0 Å². The molecule has 0 aromatic heterocycles. The van der Waals surface area contributed by atoms with Crippen molar-refractivity contribution >= 4 is 0 Å². The van der Waals surface area contributed by atoms with Crippen molar-refractivity contribution in [2.45, 2.75) is 11.8 Å². The normalized spacial score (nSPS) is 12.5. The maximum absolute atomic E-state index is 12.4. The van der Waals surface area contributed by atoms with Crippen molar-refractivity contribution < 1.29 is 51.4 Å². The standard InChI is InChI=1S/C5H6F6N8O9/c6-13(7)5(14(8)9,15(10)11)28-2-1-12(19(26)27)3-4(16(20)21,17(22)23)18(24)25/h1-3H2. The van der Waals surface area contributed by atoms with Crippen molar-refractivity contribution in [2.75, 3.05) is 19.7 Å². The van der Waals surface area contributed by atoms with E-state index in [1.54, 1.807) is 0 Å². The van der Waals surface area contributed by atoms with Crippen molar-refractivity contribution in [1.82, 2.24) is 21.0 Å². The fourth-order valence-corrected chi connectivity index (χ4v) is 1.44. The molecule has 0 bridgehead atoms. The molecule has 17 nitrogen and oxygen atoms in total. The van der Waals surface area contributed by atoms with Gasteiger partial charge in [-0.25, -0.2) is 10.1 Å². The molecule has 0 saturated heterocycles. The number of nitrogens with zero attached hydrogens (tertiary/aromatic N) is 8. The summed E-state index contributed by atoms with van der Waals surface area (Å²) in [5.41, 5.74) is 0. The Kier molecular flexibility index (Phi) is 8.11. The lowest BCUT2D eigenvalue weighted by Gasteiger charge is -2.31. The summed E-state index contributed by atoms with van der Waals surface area (Å²) in [6.07, 6.45) is 0. The Hall–Kier alpha value is -3.18. The molecule has 0 fully saturated rings. The van der Waals surface area contributed by atoms with E-state index < -0.39 is 72.3 Å².